The molecule has 0 aliphatic carbocycles. The Kier molecular flexibility index (Phi) is 4.64. The molecule has 0 saturated heterocycles. The zero-order valence-electron chi connectivity index (χ0n) is 12.2. The summed E-state index contributed by atoms with van der Waals surface area (Å²) in [4.78, 5) is 24.5. The molecule has 0 N–H and O–H groups in total. The summed E-state index contributed by atoms with van der Waals surface area (Å²) >= 11 is 7.56. The Morgan fingerprint density at radius 3 is 2.70 bits per heavy atom. The third kappa shape index (κ3) is 4.12. The number of ketones is 1. The first-order valence-corrected chi connectivity index (χ1v) is 8.03. The zero-order valence-corrected chi connectivity index (χ0v) is 13.8. The lowest BCUT2D eigenvalue weighted by Crippen LogP contribution is -2.04. The molecule has 0 aliphatic heterocycles. The van der Waals surface area contributed by atoms with E-state index in [1.807, 2.05) is 12.3 Å². The van der Waals surface area contributed by atoms with Gasteiger partial charge in [-0.05, 0) is 25.1 Å². The minimum atomic E-state index is -0.0592. The molecular formula is C16H12ClN3O2S. The van der Waals surface area contributed by atoms with E-state index in [0.717, 1.165) is 10.7 Å². The number of carbonyl (C=O) groups is 1. The number of thiazole rings is 1. The van der Waals surface area contributed by atoms with Crippen molar-refractivity contribution in [3.8, 4) is 11.5 Å². The second-order valence-corrected chi connectivity index (χ2v) is 6.21. The number of rotatable bonds is 5. The Morgan fingerprint density at radius 1 is 1.22 bits per heavy atom. The van der Waals surface area contributed by atoms with Gasteiger partial charge in [-0.1, -0.05) is 11.6 Å². The predicted molar refractivity (Wildman–Crippen MR) is 88.4 cm³/mol. The number of carbonyl (C=O) groups excluding carboxylic acids is 1. The van der Waals surface area contributed by atoms with Crippen molar-refractivity contribution in [1.29, 1.82) is 0 Å². The van der Waals surface area contributed by atoms with E-state index in [9.17, 15) is 4.79 Å². The fourth-order valence-corrected chi connectivity index (χ4v) is 2.98. The van der Waals surface area contributed by atoms with E-state index in [1.54, 1.807) is 18.2 Å². The molecular weight excluding hydrogens is 334 g/mol. The molecule has 0 saturated carbocycles. The van der Waals surface area contributed by atoms with Crippen LogP contribution in [0.1, 0.15) is 21.1 Å². The fraction of sp³-hybridized carbons (Fsp3) is 0.125. The molecule has 5 nitrogen and oxygen atoms in total. The summed E-state index contributed by atoms with van der Waals surface area (Å²) in [7, 11) is 0. The van der Waals surface area contributed by atoms with Crippen LogP contribution in [0.3, 0.4) is 0 Å². The molecule has 0 unspecified atom stereocenters. The average Bonchev–Trinajstić information content (AvgIpc) is 2.93. The second kappa shape index (κ2) is 6.85. The molecule has 0 radical (unpaired) electrons. The molecule has 0 fully saturated rings. The molecule has 1 aromatic carbocycles. The lowest BCUT2D eigenvalue weighted by Gasteiger charge is -2.07. The summed E-state index contributed by atoms with van der Waals surface area (Å²) < 4.78 is 5.63. The smallest absolute Gasteiger partial charge is 0.169 e. The van der Waals surface area contributed by atoms with E-state index in [0.29, 0.717) is 22.1 Å². The Bertz CT molecular complexity index is 836. The molecule has 3 aromatic rings. The maximum Gasteiger partial charge on any atom is 0.169 e. The van der Waals surface area contributed by atoms with Crippen molar-refractivity contribution >= 4 is 28.7 Å². The number of aromatic nitrogens is 3. The monoisotopic (exact) mass is 345 g/mol. The molecule has 0 spiro atoms. The van der Waals surface area contributed by atoms with Gasteiger partial charge >= 0.3 is 0 Å². The lowest BCUT2D eigenvalue weighted by atomic mass is 10.1. The number of ether oxygens (including phenoxy) is 1. The van der Waals surface area contributed by atoms with Crippen LogP contribution >= 0.6 is 22.9 Å². The summed E-state index contributed by atoms with van der Waals surface area (Å²) in [5.74, 6) is 0.880. The third-order valence-corrected chi connectivity index (χ3v) is 4.13. The van der Waals surface area contributed by atoms with Crippen LogP contribution < -0.4 is 4.74 Å². The van der Waals surface area contributed by atoms with Crippen LogP contribution in [0, 0.1) is 6.92 Å². The van der Waals surface area contributed by atoms with Crippen LogP contribution in [0.5, 0.6) is 11.5 Å². The van der Waals surface area contributed by atoms with Gasteiger partial charge in [0.15, 0.2) is 11.5 Å². The van der Waals surface area contributed by atoms with Gasteiger partial charge in [0.25, 0.3) is 0 Å². The van der Waals surface area contributed by atoms with E-state index < -0.39 is 0 Å². The highest BCUT2D eigenvalue weighted by molar-refractivity contribution is 7.09. The van der Waals surface area contributed by atoms with Crippen LogP contribution in [0.15, 0.2) is 42.3 Å². The molecule has 0 bridgehead atoms. The highest BCUT2D eigenvalue weighted by Crippen LogP contribution is 2.26. The molecule has 0 amide bonds. The molecule has 7 heteroatoms. The standard InChI is InChI=1S/C16H12ClN3O2S/c1-10-8-23-16(20-10)5-15(21)11-2-12(17)4-13(3-11)22-14-6-18-9-19-7-14/h2-4,6-9H,5H2,1H3. The molecule has 23 heavy (non-hydrogen) atoms. The average molecular weight is 346 g/mol. The normalized spacial score (nSPS) is 10.5. The van der Waals surface area contributed by atoms with E-state index in [2.05, 4.69) is 15.0 Å². The molecule has 3 rings (SSSR count). The Labute approximate surface area is 142 Å². The SMILES string of the molecule is Cc1csc(CC(=O)c2cc(Cl)cc(Oc3cncnc3)c2)n1. The maximum absolute atomic E-state index is 12.4. The van der Waals surface area contributed by atoms with Crippen molar-refractivity contribution in [2.24, 2.45) is 0 Å². The van der Waals surface area contributed by atoms with Gasteiger partial charge in [0.1, 0.15) is 17.1 Å². The van der Waals surface area contributed by atoms with Crippen molar-refractivity contribution in [2.75, 3.05) is 0 Å². The van der Waals surface area contributed by atoms with Gasteiger partial charge in [-0.2, -0.15) is 0 Å². The number of halogens is 1. The highest BCUT2D eigenvalue weighted by Gasteiger charge is 2.12. The number of hydrogen-bond acceptors (Lipinski definition) is 6. The molecule has 2 aromatic heterocycles. The van der Waals surface area contributed by atoms with Gasteiger partial charge in [0.2, 0.25) is 0 Å². The maximum atomic E-state index is 12.4. The quantitative estimate of drug-likeness (QED) is 0.651. The van der Waals surface area contributed by atoms with Gasteiger partial charge in [-0.25, -0.2) is 15.0 Å². The van der Waals surface area contributed by atoms with Crippen molar-refractivity contribution in [1.82, 2.24) is 15.0 Å². The van der Waals surface area contributed by atoms with Crippen molar-refractivity contribution in [3.63, 3.8) is 0 Å². The third-order valence-electron chi connectivity index (χ3n) is 2.94. The number of aryl methyl sites for hydroxylation is 1. The van der Waals surface area contributed by atoms with Gasteiger partial charge in [0.05, 0.1) is 18.8 Å². The van der Waals surface area contributed by atoms with Crippen molar-refractivity contribution < 1.29 is 9.53 Å². The van der Waals surface area contributed by atoms with Crippen LogP contribution in [0.25, 0.3) is 0 Å². The summed E-state index contributed by atoms with van der Waals surface area (Å²) in [6, 6.07) is 4.92. The van der Waals surface area contributed by atoms with Gasteiger partial charge < -0.3 is 4.74 Å². The lowest BCUT2D eigenvalue weighted by molar-refractivity contribution is 0.0992. The van der Waals surface area contributed by atoms with Crippen LogP contribution in [0.4, 0.5) is 0 Å². The molecule has 2 heterocycles. The first kappa shape index (κ1) is 15.6. The highest BCUT2D eigenvalue weighted by atomic mass is 35.5. The Balaban J connectivity index is 1.80. The molecule has 0 atom stereocenters. The summed E-state index contributed by atoms with van der Waals surface area (Å²) in [6.07, 6.45) is 4.73. The summed E-state index contributed by atoms with van der Waals surface area (Å²) in [5, 5.41) is 3.13. The van der Waals surface area contributed by atoms with Gasteiger partial charge in [0, 0.05) is 21.7 Å². The van der Waals surface area contributed by atoms with E-state index in [-0.39, 0.29) is 12.2 Å². The number of benzene rings is 1. The first-order chi connectivity index (χ1) is 11.1. The minimum Gasteiger partial charge on any atom is -0.454 e. The van der Waals surface area contributed by atoms with E-state index in [1.165, 1.54) is 30.1 Å². The van der Waals surface area contributed by atoms with Gasteiger partial charge in [-0.15, -0.1) is 11.3 Å². The van der Waals surface area contributed by atoms with Gasteiger partial charge in [-0.3, -0.25) is 4.79 Å². The van der Waals surface area contributed by atoms with Crippen LogP contribution in [-0.4, -0.2) is 20.7 Å². The first-order valence-electron chi connectivity index (χ1n) is 6.78. The Hall–Kier alpha value is -2.31. The van der Waals surface area contributed by atoms with Crippen LogP contribution in [-0.2, 0) is 6.42 Å². The van der Waals surface area contributed by atoms with Crippen molar-refractivity contribution in [2.45, 2.75) is 13.3 Å². The molecule has 116 valence electrons. The molecule has 0 aliphatic rings. The largest absolute Gasteiger partial charge is 0.454 e. The minimum absolute atomic E-state index is 0.0592. The van der Waals surface area contributed by atoms with E-state index in [4.69, 9.17) is 16.3 Å². The predicted octanol–water partition coefficient (Wildman–Crippen LogP) is 4.11. The fourth-order valence-electron chi connectivity index (χ4n) is 1.98. The second-order valence-electron chi connectivity index (χ2n) is 4.83. The summed E-state index contributed by atoms with van der Waals surface area (Å²) in [5.41, 5.74) is 1.40. The topological polar surface area (TPSA) is 65.0 Å². The number of Topliss-reactive ketones (excluding diaryl/α,β-unsaturated/α-hetero) is 1. The van der Waals surface area contributed by atoms with E-state index >= 15 is 0 Å². The summed E-state index contributed by atoms with van der Waals surface area (Å²) in [6.45, 7) is 1.90. The zero-order chi connectivity index (χ0) is 16.2. The van der Waals surface area contributed by atoms with Crippen LogP contribution in [0.2, 0.25) is 5.02 Å². The van der Waals surface area contributed by atoms with Crippen molar-refractivity contribution in [3.05, 3.63) is 63.6 Å². The number of hydrogen-bond donors (Lipinski definition) is 0. The Morgan fingerprint density at radius 2 is 2.00 bits per heavy atom. The number of nitrogens with zero attached hydrogens (tertiary/aromatic N) is 3.